The highest BCUT2D eigenvalue weighted by atomic mass is 16.4. The number of imide groups is 1. The van der Waals surface area contributed by atoms with Crippen LogP contribution in [-0.4, -0.2) is 44.8 Å². The first-order valence-corrected chi connectivity index (χ1v) is 13.7. The third-order valence-corrected chi connectivity index (χ3v) is 8.02. The molecule has 3 heterocycles. The maximum absolute atomic E-state index is 13.6. The van der Waals surface area contributed by atoms with Crippen LogP contribution < -0.4 is 4.90 Å². The zero-order chi connectivity index (χ0) is 28.2. The Balaban J connectivity index is 1.42. The Morgan fingerprint density at radius 2 is 1.85 bits per heavy atom. The highest BCUT2D eigenvalue weighted by molar-refractivity contribution is 6.22. The van der Waals surface area contributed by atoms with Crippen LogP contribution in [0.4, 0.5) is 5.69 Å². The summed E-state index contributed by atoms with van der Waals surface area (Å²) in [4.78, 5) is 32.7. The fourth-order valence-corrected chi connectivity index (χ4v) is 6.13. The molecule has 1 fully saturated rings. The number of rotatable bonds is 10. The summed E-state index contributed by atoms with van der Waals surface area (Å²) in [5, 5.41) is 31.4. The second-order valence-electron chi connectivity index (χ2n) is 10.3. The van der Waals surface area contributed by atoms with Gasteiger partial charge in [0.05, 0.1) is 35.9 Å². The van der Waals surface area contributed by atoms with Crippen molar-refractivity contribution in [1.29, 1.82) is 0 Å². The number of anilines is 1. The topological polar surface area (TPSA) is 124 Å². The van der Waals surface area contributed by atoms with Gasteiger partial charge in [-0.2, -0.15) is 0 Å². The molecular weight excluding hydrogens is 508 g/mol. The van der Waals surface area contributed by atoms with Gasteiger partial charge in [0.15, 0.2) is 0 Å². The SMILES string of the molecule is CCC1=C([C@H](O)CC/C(=C/c2ccc(CO)o2)c2ccccn2)[C@H](CO)[C@@H]2C(=O)N(c3ccccc3)C(=O)[C@@H]2C1. The van der Waals surface area contributed by atoms with Crippen LogP contribution >= 0.6 is 0 Å². The second kappa shape index (κ2) is 12.1. The number of para-hydroxylation sites is 1. The highest BCUT2D eigenvalue weighted by Gasteiger charge is 2.55. The normalized spacial score (nSPS) is 22.1. The van der Waals surface area contributed by atoms with E-state index in [1.54, 1.807) is 42.6 Å². The molecule has 5 rings (SSSR count). The van der Waals surface area contributed by atoms with Crippen molar-refractivity contribution in [2.24, 2.45) is 17.8 Å². The van der Waals surface area contributed by atoms with E-state index in [4.69, 9.17) is 4.42 Å². The van der Waals surface area contributed by atoms with Gasteiger partial charge in [-0.05, 0) is 79.3 Å². The van der Waals surface area contributed by atoms with E-state index in [2.05, 4.69) is 4.98 Å². The van der Waals surface area contributed by atoms with Crippen molar-refractivity contribution in [3.05, 3.63) is 95.2 Å². The molecule has 40 heavy (non-hydrogen) atoms. The molecule has 1 aliphatic heterocycles. The van der Waals surface area contributed by atoms with Gasteiger partial charge in [-0.25, -0.2) is 0 Å². The number of aromatic nitrogens is 1. The predicted octanol–water partition coefficient (Wildman–Crippen LogP) is 4.37. The van der Waals surface area contributed by atoms with Crippen molar-refractivity contribution < 1.29 is 29.3 Å². The monoisotopic (exact) mass is 542 g/mol. The van der Waals surface area contributed by atoms with Crippen molar-refractivity contribution in [2.45, 2.75) is 45.3 Å². The maximum atomic E-state index is 13.6. The maximum Gasteiger partial charge on any atom is 0.238 e. The third kappa shape index (κ3) is 5.30. The van der Waals surface area contributed by atoms with Crippen LogP contribution in [-0.2, 0) is 16.2 Å². The van der Waals surface area contributed by atoms with Gasteiger partial charge in [0, 0.05) is 12.1 Å². The van der Waals surface area contributed by atoms with Gasteiger partial charge in [0.2, 0.25) is 11.8 Å². The largest absolute Gasteiger partial charge is 0.459 e. The summed E-state index contributed by atoms with van der Waals surface area (Å²) in [6.07, 6.45) is 4.40. The number of amides is 2. The lowest BCUT2D eigenvalue weighted by Crippen LogP contribution is -2.39. The lowest BCUT2D eigenvalue weighted by molar-refractivity contribution is -0.123. The van der Waals surface area contributed by atoms with Crippen molar-refractivity contribution in [3.63, 3.8) is 0 Å². The van der Waals surface area contributed by atoms with Crippen LogP contribution in [0.15, 0.2) is 82.4 Å². The lowest BCUT2D eigenvalue weighted by atomic mass is 9.67. The number of fused-ring (bicyclic) bond motifs is 1. The zero-order valence-electron chi connectivity index (χ0n) is 22.4. The molecule has 8 heteroatoms. The molecule has 0 bridgehead atoms. The van der Waals surface area contributed by atoms with Gasteiger partial charge in [0.1, 0.15) is 18.1 Å². The number of carbonyl (C=O) groups excluding carboxylic acids is 2. The van der Waals surface area contributed by atoms with E-state index in [9.17, 15) is 24.9 Å². The first-order chi connectivity index (χ1) is 19.5. The Morgan fingerprint density at radius 3 is 2.50 bits per heavy atom. The Kier molecular flexibility index (Phi) is 8.40. The zero-order valence-corrected chi connectivity index (χ0v) is 22.4. The quantitative estimate of drug-likeness (QED) is 0.257. The van der Waals surface area contributed by atoms with E-state index >= 15 is 0 Å². The molecule has 0 saturated carbocycles. The highest BCUT2D eigenvalue weighted by Crippen LogP contribution is 2.48. The van der Waals surface area contributed by atoms with Crippen molar-refractivity contribution >= 4 is 29.2 Å². The molecule has 1 aliphatic carbocycles. The molecule has 0 radical (unpaired) electrons. The number of allylic oxidation sites excluding steroid dienone is 2. The minimum atomic E-state index is -0.918. The van der Waals surface area contributed by atoms with E-state index in [-0.39, 0.29) is 25.0 Å². The number of hydrogen-bond acceptors (Lipinski definition) is 7. The van der Waals surface area contributed by atoms with Crippen LogP contribution in [0.3, 0.4) is 0 Å². The molecule has 8 nitrogen and oxygen atoms in total. The molecule has 3 N–H and O–H groups in total. The van der Waals surface area contributed by atoms with E-state index in [0.29, 0.717) is 48.5 Å². The van der Waals surface area contributed by atoms with Crippen LogP contribution in [0.1, 0.15) is 49.8 Å². The average Bonchev–Trinajstić information content (AvgIpc) is 3.56. The van der Waals surface area contributed by atoms with E-state index in [0.717, 1.165) is 16.8 Å². The number of carbonyl (C=O) groups is 2. The number of benzene rings is 1. The first kappa shape index (κ1) is 27.7. The summed E-state index contributed by atoms with van der Waals surface area (Å²) in [7, 11) is 0. The molecule has 4 atom stereocenters. The van der Waals surface area contributed by atoms with Gasteiger partial charge in [-0.15, -0.1) is 0 Å². The molecule has 0 spiro atoms. The summed E-state index contributed by atoms with van der Waals surface area (Å²) in [6.45, 7) is 1.44. The fourth-order valence-electron chi connectivity index (χ4n) is 6.13. The number of furan rings is 1. The van der Waals surface area contributed by atoms with Crippen molar-refractivity contribution in [1.82, 2.24) is 4.98 Å². The van der Waals surface area contributed by atoms with Gasteiger partial charge in [0.25, 0.3) is 0 Å². The molecular formula is C32H34N2O6. The van der Waals surface area contributed by atoms with Gasteiger partial charge in [-0.1, -0.05) is 36.8 Å². The Labute approximate surface area is 233 Å². The summed E-state index contributed by atoms with van der Waals surface area (Å²) in [6, 6.07) is 17.9. The molecule has 2 aromatic heterocycles. The smallest absolute Gasteiger partial charge is 0.238 e. The van der Waals surface area contributed by atoms with E-state index in [1.165, 1.54) is 4.90 Å². The van der Waals surface area contributed by atoms with Gasteiger partial charge >= 0.3 is 0 Å². The number of pyridine rings is 1. The third-order valence-electron chi connectivity index (χ3n) is 8.02. The summed E-state index contributed by atoms with van der Waals surface area (Å²) < 4.78 is 5.66. The molecule has 208 valence electrons. The van der Waals surface area contributed by atoms with Crippen molar-refractivity contribution in [3.8, 4) is 0 Å². The van der Waals surface area contributed by atoms with Crippen molar-refractivity contribution in [2.75, 3.05) is 11.5 Å². The van der Waals surface area contributed by atoms with E-state index < -0.39 is 23.9 Å². The standard InChI is InChI=1S/C32H34N2O6/c1-2-20-17-25-30(32(39)34(31(25)38)22-8-4-3-5-9-22)26(19-36)29(20)28(37)14-11-21(27-10-6-7-15-33-27)16-23-12-13-24(18-35)40-23/h3-10,12-13,15-16,25-26,28,30,35-37H,2,11,14,17-19H2,1H3/b21-16-/t25-,26+,28-,30-/m1/s1. The summed E-state index contributed by atoms with van der Waals surface area (Å²) >= 11 is 0. The van der Waals surface area contributed by atoms with Gasteiger partial charge in [-0.3, -0.25) is 19.5 Å². The summed E-state index contributed by atoms with van der Waals surface area (Å²) in [5.74, 6) is -1.48. The molecule has 2 amide bonds. The molecule has 1 aromatic carbocycles. The first-order valence-electron chi connectivity index (χ1n) is 13.7. The van der Waals surface area contributed by atoms with Crippen LogP contribution in [0.5, 0.6) is 0 Å². The molecule has 0 unspecified atom stereocenters. The number of aliphatic hydroxyl groups is 3. The minimum Gasteiger partial charge on any atom is -0.459 e. The van der Waals surface area contributed by atoms with Crippen LogP contribution in [0, 0.1) is 17.8 Å². The Morgan fingerprint density at radius 1 is 1.07 bits per heavy atom. The van der Waals surface area contributed by atoms with Crippen LogP contribution in [0.2, 0.25) is 0 Å². The Bertz CT molecular complexity index is 1410. The Hall–Kier alpha value is -3.85. The summed E-state index contributed by atoms with van der Waals surface area (Å²) in [5.41, 5.74) is 3.69. The fraction of sp³-hybridized carbons (Fsp3) is 0.344. The van der Waals surface area contributed by atoms with Crippen LogP contribution in [0.25, 0.3) is 11.6 Å². The number of hydrogen-bond donors (Lipinski definition) is 3. The van der Waals surface area contributed by atoms with Gasteiger partial charge < -0.3 is 19.7 Å². The average molecular weight is 543 g/mol. The molecule has 2 aliphatic rings. The second-order valence-corrected chi connectivity index (χ2v) is 10.3. The molecule has 1 saturated heterocycles. The minimum absolute atomic E-state index is 0.201. The lowest BCUT2D eigenvalue weighted by Gasteiger charge is -2.36. The number of aliphatic hydroxyl groups excluding tert-OH is 3. The number of nitrogens with zero attached hydrogens (tertiary/aromatic N) is 2. The predicted molar refractivity (Wildman–Crippen MR) is 150 cm³/mol. The molecule has 3 aromatic rings. The van der Waals surface area contributed by atoms with E-state index in [1.807, 2.05) is 37.3 Å².